The Morgan fingerprint density at radius 3 is 2.43 bits per heavy atom. The van der Waals surface area contributed by atoms with Crippen LogP contribution in [-0.2, 0) is 6.42 Å². The monoisotopic (exact) mass is 192 g/mol. The second-order valence-electron chi connectivity index (χ2n) is 3.85. The van der Waals surface area contributed by atoms with Crippen molar-refractivity contribution in [3.05, 3.63) is 29.8 Å². The summed E-state index contributed by atoms with van der Waals surface area (Å²) in [5.74, 6) is 0. The number of nitrogens with two attached hydrogens (primary N) is 2. The molecule has 0 saturated carbocycles. The molecule has 0 unspecified atom stereocenters. The molecule has 0 radical (unpaired) electrons. The molecule has 1 aromatic rings. The first-order valence-electron chi connectivity index (χ1n) is 5.32. The van der Waals surface area contributed by atoms with Crippen LogP contribution < -0.4 is 11.5 Å². The molecule has 1 rings (SSSR count). The molecule has 4 N–H and O–H groups in total. The van der Waals surface area contributed by atoms with Gasteiger partial charge in [-0.2, -0.15) is 0 Å². The largest absolute Gasteiger partial charge is 0.399 e. The van der Waals surface area contributed by atoms with Crippen molar-refractivity contribution in [2.45, 2.75) is 38.6 Å². The zero-order valence-corrected chi connectivity index (χ0v) is 8.87. The van der Waals surface area contributed by atoms with Gasteiger partial charge in [0, 0.05) is 11.7 Å². The highest BCUT2D eigenvalue weighted by molar-refractivity contribution is 5.39. The van der Waals surface area contributed by atoms with Crippen molar-refractivity contribution < 1.29 is 0 Å². The molecule has 14 heavy (non-hydrogen) atoms. The summed E-state index contributed by atoms with van der Waals surface area (Å²) in [7, 11) is 0. The van der Waals surface area contributed by atoms with Crippen LogP contribution in [0, 0.1) is 0 Å². The zero-order chi connectivity index (χ0) is 10.4. The summed E-state index contributed by atoms with van der Waals surface area (Å²) in [5, 5.41) is 0. The number of unbranched alkanes of at least 4 members (excludes halogenated alkanes) is 1. The van der Waals surface area contributed by atoms with E-state index in [2.05, 4.69) is 19.1 Å². The molecule has 0 aliphatic carbocycles. The minimum absolute atomic E-state index is 0.290. The van der Waals surface area contributed by atoms with Gasteiger partial charge in [0.25, 0.3) is 0 Å². The van der Waals surface area contributed by atoms with Crippen LogP contribution in [0.15, 0.2) is 24.3 Å². The molecule has 0 spiro atoms. The average molecular weight is 192 g/mol. The van der Waals surface area contributed by atoms with E-state index in [1.807, 2.05) is 12.1 Å². The summed E-state index contributed by atoms with van der Waals surface area (Å²) in [6, 6.07) is 8.27. The smallest absolute Gasteiger partial charge is 0.0314 e. The Kier molecular flexibility index (Phi) is 4.47. The van der Waals surface area contributed by atoms with E-state index in [0.717, 1.165) is 18.5 Å². The van der Waals surface area contributed by atoms with Crippen LogP contribution in [-0.4, -0.2) is 6.04 Å². The molecule has 0 aliphatic heterocycles. The highest BCUT2D eigenvalue weighted by atomic mass is 14.6. The summed E-state index contributed by atoms with van der Waals surface area (Å²) < 4.78 is 0. The van der Waals surface area contributed by atoms with Crippen LogP contribution >= 0.6 is 0 Å². The first-order chi connectivity index (χ1) is 6.72. The standard InChI is InChI=1S/C12H20N2/c1-2-3-4-12(14)9-10-5-7-11(13)8-6-10/h5-8,12H,2-4,9,13-14H2,1H3/t12-/m1/s1. The van der Waals surface area contributed by atoms with E-state index in [9.17, 15) is 0 Å². The highest BCUT2D eigenvalue weighted by Gasteiger charge is 2.02. The summed E-state index contributed by atoms with van der Waals surface area (Å²) in [6.45, 7) is 2.19. The van der Waals surface area contributed by atoms with Gasteiger partial charge in [0.2, 0.25) is 0 Å². The van der Waals surface area contributed by atoms with E-state index in [0.29, 0.717) is 6.04 Å². The van der Waals surface area contributed by atoms with Crippen LogP contribution in [0.5, 0.6) is 0 Å². The molecule has 2 heteroatoms. The van der Waals surface area contributed by atoms with Crippen LogP contribution in [0.25, 0.3) is 0 Å². The Morgan fingerprint density at radius 1 is 1.21 bits per heavy atom. The third-order valence-electron chi connectivity index (χ3n) is 2.41. The van der Waals surface area contributed by atoms with Crippen molar-refractivity contribution in [2.75, 3.05) is 5.73 Å². The third kappa shape index (κ3) is 3.79. The summed E-state index contributed by atoms with van der Waals surface area (Å²) >= 11 is 0. The van der Waals surface area contributed by atoms with Crippen molar-refractivity contribution in [1.29, 1.82) is 0 Å². The van der Waals surface area contributed by atoms with Gasteiger partial charge >= 0.3 is 0 Å². The van der Waals surface area contributed by atoms with Gasteiger partial charge in [-0.25, -0.2) is 0 Å². The van der Waals surface area contributed by atoms with E-state index in [4.69, 9.17) is 11.5 Å². The average Bonchev–Trinajstić information content (AvgIpc) is 2.18. The van der Waals surface area contributed by atoms with Crippen molar-refractivity contribution in [1.82, 2.24) is 0 Å². The lowest BCUT2D eigenvalue weighted by atomic mass is 10.0. The van der Waals surface area contributed by atoms with E-state index < -0.39 is 0 Å². The van der Waals surface area contributed by atoms with E-state index >= 15 is 0 Å². The van der Waals surface area contributed by atoms with Crippen LogP contribution in [0.1, 0.15) is 31.7 Å². The fourth-order valence-corrected chi connectivity index (χ4v) is 1.52. The number of hydrogen-bond acceptors (Lipinski definition) is 2. The maximum atomic E-state index is 6.00. The molecular formula is C12H20N2. The molecule has 0 saturated heterocycles. The molecule has 0 aromatic heterocycles. The molecule has 0 heterocycles. The van der Waals surface area contributed by atoms with Crippen molar-refractivity contribution >= 4 is 5.69 Å². The minimum atomic E-state index is 0.290. The normalized spacial score (nSPS) is 12.7. The number of rotatable bonds is 5. The van der Waals surface area contributed by atoms with E-state index in [-0.39, 0.29) is 0 Å². The number of hydrogen-bond donors (Lipinski definition) is 2. The van der Waals surface area contributed by atoms with Gasteiger partial charge in [-0.15, -0.1) is 0 Å². The maximum Gasteiger partial charge on any atom is 0.0314 e. The van der Waals surface area contributed by atoms with E-state index in [1.165, 1.54) is 18.4 Å². The zero-order valence-electron chi connectivity index (χ0n) is 8.87. The van der Waals surface area contributed by atoms with Gasteiger partial charge in [0.15, 0.2) is 0 Å². The molecular weight excluding hydrogens is 172 g/mol. The Morgan fingerprint density at radius 2 is 1.86 bits per heavy atom. The third-order valence-corrected chi connectivity index (χ3v) is 2.41. The Hall–Kier alpha value is -1.02. The lowest BCUT2D eigenvalue weighted by Gasteiger charge is -2.10. The van der Waals surface area contributed by atoms with Crippen molar-refractivity contribution in [2.24, 2.45) is 5.73 Å². The van der Waals surface area contributed by atoms with Gasteiger partial charge in [0.1, 0.15) is 0 Å². The summed E-state index contributed by atoms with van der Waals surface area (Å²) in [5.41, 5.74) is 13.7. The lowest BCUT2D eigenvalue weighted by Crippen LogP contribution is -2.22. The molecule has 0 fully saturated rings. The van der Waals surface area contributed by atoms with Crippen LogP contribution in [0.3, 0.4) is 0 Å². The van der Waals surface area contributed by atoms with Gasteiger partial charge in [-0.3, -0.25) is 0 Å². The van der Waals surface area contributed by atoms with Crippen molar-refractivity contribution in [3.63, 3.8) is 0 Å². The molecule has 1 atom stereocenters. The molecule has 0 bridgehead atoms. The second-order valence-corrected chi connectivity index (χ2v) is 3.85. The number of nitrogen functional groups attached to an aromatic ring is 1. The SMILES string of the molecule is CCCC[C@@H](N)Cc1ccc(N)cc1. The van der Waals surface area contributed by atoms with Gasteiger partial charge in [-0.1, -0.05) is 31.9 Å². The fraction of sp³-hybridized carbons (Fsp3) is 0.500. The van der Waals surface area contributed by atoms with Crippen molar-refractivity contribution in [3.8, 4) is 0 Å². The van der Waals surface area contributed by atoms with Crippen LogP contribution in [0.4, 0.5) is 5.69 Å². The molecule has 0 aliphatic rings. The maximum absolute atomic E-state index is 6.00. The Balaban J connectivity index is 2.39. The highest BCUT2D eigenvalue weighted by Crippen LogP contribution is 2.09. The minimum Gasteiger partial charge on any atom is -0.399 e. The molecule has 1 aromatic carbocycles. The molecule has 78 valence electrons. The molecule has 0 amide bonds. The lowest BCUT2D eigenvalue weighted by molar-refractivity contribution is 0.574. The Labute approximate surface area is 86.3 Å². The van der Waals surface area contributed by atoms with E-state index in [1.54, 1.807) is 0 Å². The Bertz CT molecular complexity index is 254. The first kappa shape index (κ1) is 11.1. The topological polar surface area (TPSA) is 52.0 Å². The number of anilines is 1. The second kappa shape index (κ2) is 5.66. The molecule has 2 nitrogen and oxygen atoms in total. The van der Waals surface area contributed by atoms with Gasteiger partial charge in [0.05, 0.1) is 0 Å². The van der Waals surface area contributed by atoms with Gasteiger partial charge < -0.3 is 11.5 Å². The predicted molar refractivity (Wildman–Crippen MR) is 62.1 cm³/mol. The number of benzene rings is 1. The first-order valence-corrected chi connectivity index (χ1v) is 5.32. The van der Waals surface area contributed by atoms with Crippen LogP contribution in [0.2, 0.25) is 0 Å². The fourth-order valence-electron chi connectivity index (χ4n) is 1.52. The quantitative estimate of drug-likeness (QED) is 0.703. The predicted octanol–water partition coefficient (Wildman–Crippen LogP) is 2.33. The summed E-state index contributed by atoms with van der Waals surface area (Å²) in [6.07, 6.45) is 4.51. The van der Waals surface area contributed by atoms with Gasteiger partial charge in [-0.05, 0) is 30.5 Å². The summed E-state index contributed by atoms with van der Waals surface area (Å²) in [4.78, 5) is 0.